The lowest BCUT2D eigenvalue weighted by atomic mass is 9.63. The van der Waals surface area contributed by atoms with Gasteiger partial charge in [0.1, 0.15) is 0 Å². The average Bonchev–Trinajstić information content (AvgIpc) is 2.17. The van der Waals surface area contributed by atoms with Gasteiger partial charge in [0.25, 0.3) is 0 Å². The van der Waals surface area contributed by atoms with E-state index in [0.717, 1.165) is 18.1 Å². The van der Waals surface area contributed by atoms with Crippen LogP contribution in [0.25, 0.3) is 0 Å². The first-order chi connectivity index (χ1) is 6.89. The predicted molar refractivity (Wildman–Crippen MR) is 64.3 cm³/mol. The van der Waals surface area contributed by atoms with Crippen LogP contribution in [0, 0.1) is 23.2 Å². The quantitative estimate of drug-likeness (QED) is 0.544. The number of oxime groups is 1. The van der Waals surface area contributed by atoms with Crippen LogP contribution in [-0.2, 0) is 0 Å². The molecule has 0 spiro atoms. The van der Waals surface area contributed by atoms with Crippen LogP contribution >= 0.6 is 0 Å². The molecule has 2 unspecified atom stereocenters. The van der Waals surface area contributed by atoms with E-state index >= 15 is 0 Å². The van der Waals surface area contributed by atoms with Gasteiger partial charge in [0.15, 0.2) is 0 Å². The monoisotopic (exact) mass is 211 g/mol. The topological polar surface area (TPSA) is 32.6 Å². The van der Waals surface area contributed by atoms with Gasteiger partial charge in [-0.3, -0.25) is 0 Å². The zero-order valence-electron chi connectivity index (χ0n) is 10.7. The minimum absolute atomic E-state index is 0.398. The molecule has 0 radical (unpaired) electrons. The van der Waals surface area contributed by atoms with E-state index in [2.05, 4.69) is 39.8 Å². The Labute approximate surface area is 93.8 Å². The smallest absolute Gasteiger partial charge is 0.0599 e. The predicted octanol–water partition coefficient (Wildman–Crippen LogP) is 3.94. The van der Waals surface area contributed by atoms with Crippen LogP contribution in [-0.4, -0.2) is 10.9 Å². The molecule has 0 aromatic heterocycles. The SMILES string of the molecule is CC1CC(C(C)(C)C(C)C)CC/C1=N/O. The summed E-state index contributed by atoms with van der Waals surface area (Å²) in [6, 6.07) is 0. The molecule has 1 saturated carbocycles. The average molecular weight is 211 g/mol. The Morgan fingerprint density at radius 2 is 2.00 bits per heavy atom. The van der Waals surface area contributed by atoms with Crippen molar-refractivity contribution < 1.29 is 5.21 Å². The third kappa shape index (κ3) is 2.53. The van der Waals surface area contributed by atoms with Crippen molar-refractivity contribution in [2.24, 2.45) is 28.3 Å². The fourth-order valence-corrected chi connectivity index (χ4v) is 2.54. The zero-order chi connectivity index (χ0) is 11.6. The highest BCUT2D eigenvalue weighted by atomic mass is 16.4. The first-order valence-corrected chi connectivity index (χ1v) is 6.10. The first kappa shape index (κ1) is 12.5. The molecule has 0 aromatic carbocycles. The van der Waals surface area contributed by atoms with E-state index in [-0.39, 0.29) is 0 Å². The highest BCUT2D eigenvalue weighted by Crippen LogP contribution is 2.43. The van der Waals surface area contributed by atoms with E-state index < -0.39 is 0 Å². The maximum Gasteiger partial charge on any atom is 0.0599 e. The molecule has 0 bridgehead atoms. The minimum atomic E-state index is 0.398. The van der Waals surface area contributed by atoms with Crippen molar-refractivity contribution in [3.63, 3.8) is 0 Å². The normalized spacial score (nSPS) is 31.2. The Morgan fingerprint density at radius 1 is 1.40 bits per heavy atom. The van der Waals surface area contributed by atoms with E-state index in [1.165, 1.54) is 12.8 Å². The van der Waals surface area contributed by atoms with Crippen LogP contribution in [0.1, 0.15) is 53.9 Å². The van der Waals surface area contributed by atoms with Crippen molar-refractivity contribution in [2.75, 3.05) is 0 Å². The van der Waals surface area contributed by atoms with Crippen LogP contribution in [0.15, 0.2) is 5.16 Å². The van der Waals surface area contributed by atoms with Gasteiger partial charge in [0.05, 0.1) is 5.71 Å². The van der Waals surface area contributed by atoms with Gasteiger partial charge in [-0.1, -0.05) is 39.8 Å². The molecule has 2 nitrogen and oxygen atoms in total. The van der Waals surface area contributed by atoms with Crippen molar-refractivity contribution in [1.82, 2.24) is 0 Å². The molecule has 1 aliphatic carbocycles. The zero-order valence-corrected chi connectivity index (χ0v) is 10.7. The Kier molecular flexibility index (Phi) is 3.80. The molecular weight excluding hydrogens is 186 g/mol. The molecule has 0 heterocycles. The van der Waals surface area contributed by atoms with Gasteiger partial charge in [-0.25, -0.2) is 0 Å². The molecule has 1 N–H and O–H groups in total. The summed E-state index contributed by atoms with van der Waals surface area (Å²) in [5.74, 6) is 1.92. The number of hydrogen-bond acceptors (Lipinski definition) is 2. The third-order valence-electron chi connectivity index (χ3n) is 4.62. The second-order valence-corrected chi connectivity index (χ2v) is 5.94. The van der Waals surface area contributed by atoms with E-state index in [1.54, 1.807) is 0 Å². The maximum atomic E-state index is 8.85. The molecule has 2 heteroatoms. The summed E-state index contributed by atoms with van der Waals surface area (Å²) in [7, 11) is 0. The highest BCUT2D eigenvalue weighted by Gasteiger charge is 2.36. The third-order valence-corrected chi connectivity index (χ3v) is 4.62. The van der Waals surface area contributed by atoms with Gasteiger partial charge in [0, 0.05) is 0 Å². The molecule has 0 amide bonds. The Balaban J connectivity index is 2.69. The van der Waals surface area contributed by atoms with E-state index in [0.29, 0.717) is 17.3 Å². The van der Waals surface area contributed by atoms with Gasteiger partial charge >= 0.3 is 0 Å². The Morgan fingerprint density at radius 3 is 2.40 bits per heavy atom. The molecule has 15 heavy (non-hydrogen) atoms. The molecule has 88 valence electrons. The summed E-state index contributed by atoms with van der Waals surface area (Å²) < 4.78 is 0. The summed E-state index contributed by atoms with van der Waals surface area (Å²) in [5, 5.41) is 12.3. The van der Waals surface area contributed by atoms with Gasteiger partial charge in [-0.05, 0) is 42.4 Å². The lowest BCUT2D eigenvalue weighted by Crippen LogP contribution is -2.35. The lowest BCUT2D eigenvalue weighted by molar-refractivity contribution is 0.107. The van der Waals surface area contributed by atoms with Crippen LogP contribution in [0.5, 0.6) is 0 Å². The van der Waals surface area contributed by atoms with Crippen molar-refractivity contribution in [2.45, 2.75) is 53.9 Å². The number of hydrogen-bond donors (Lipinski definition) is 1. The van der Waals surface area contributed by atoms with Crippen molar-refractivity contribution >= 4 is 5.71 Å². The van der Waals surface area contributed by atoms with Gasteiger partial charge < -0.3 is 5.21 Å². The second-order valence-electron chi connectivity index (χ2n) is 5.94. The van der Waals surface area contributed by atoms with Crippen LogP contribution in [0.4, 0.5) is 0 Å². The lowest BCUT2D eigenvalue weighted by Gasteiger charge is -2.42. The van der Waals surface area contributed by atoms with E-state index in [9.17, 15) is 0 Å². The maximum absolute atomic E-state index is 8.85. The molecular formula is C13H25NO. The Bertz CT molecular complexity index is 243. The standard InChI is InChI=1S/C13H25NO/c1-9(2)13(4,5)11-6-7-12(14-15)10(3)8-11/h9-11,15H,6-8H2,1-5H3/b14-12-. The summed E-state index contributed by atoms with van der Waals surface area (Å²) in [6.07, 6.45) is 3.32. The van der Waals surface area contributed by atoms with E-state index in [1.807, 2.05) is 0 Å². The molecule has 0 aliphatic heterocycles. The summed E-state index contributed by atoms with van der Waals surface area (Å²) in [4.78, 5) is 0. The number of nitrogens with zero attached hydrogens (tertiary/aromatic N) is 1. The van der Waals surface area contributed by atoms with Gasteiger partial charge in [-0.15, -0.1) is 0 Å². The van der Waals surface area contributed by atoms with Crippen molar-refractivity contribution in [3.8, 4) is 0 Å². The second kappa shape index (κ2) is 4.54. The van der Waals surface area contributed by atoms with Crippen LogP contribution in [0.3, 0.4) is 0 Å². The van der Waals surface area contributed by atoms with Crippen LogP contribution in [0.2, 0.25) is 0 Å². The molecule has 0 aromatic rings. The van der Waals surface area contributed by atoms with Gasteiger partial charge in [0.2, 0.25) is 0 Å². The molecule has 1 rings (SSSR count). The molecule has 0 saturated heterocycles. The first-order valence-electron chi connectivity index (χ1n) is 6.10. The summed E-state index contributed by atoms with van der Waals surface area (Å²) in [5.41, 5.74) is 1.39. The van der Waals surface area contributed by atoms with Crippen molar-refractivity contribution in [1.29, 1.82) is 0 Å². The molecule has 2 atom stereocenters. The number of rotatable bonds is 2. The molecule has 1 aliphatic rings. The molecule has 1 fully saturated rings. The largest absolute Gasteiger partial charge is 0.411 e. The summed E-state index contributed by atoms with van der Waals surface area (Å²) in [6.45, 7) is 11.5. The van der Waals surface area contributed by atoms with Crippen LogP contribution < -0.4 is 0 Å². The summed E-state index contributed by atoms with van der Waals surface area (Å²) >= 11 is 0. The fourth-order valence-electron chi connectivity index (χ4n) is 2.54. The van der Waals surface area contributed by atoms with Gasteiger partial charge in [-0.2, -0.15) is 0 Å². The minimum Gasteiger partial charge on any atom is -0.411 e. The van der Waals surface area contributed by atoms with Crippen molar-refractivity contribution in [3.05, 3.63) is 0 Å². The Hall–Kier alpha value is -0.530. The fraction of sp³-hybridized carbons (Fsp3) is 0.923. The van der Waals surface area contributed by atoms with E-state index in [4.69, 9.17) is 5.21 Å². The highest BCUT2D eigenvalue weighted by molar-refractivity contribution is 5.86.